The molecule has 0 aliphatic heterocycles. The van der Waals surface area contributed by atoms with Gasteiger partial charge < -0.3 is 11.1 Å². The van der Waals surface area contributed by atoms with E-state index in [0.29, 0.717) is 0 Å². The molecule has 7 heteroatoms. The number of amides is 1. The third-order valence-corrected chi connectivity index (χ3v) is 2.89. The molecule has 1 aromatic carbocycles. The Bertz CT molecular complexity index is 475. The normalized spacial score (nSPS) is 13.5. The molecule has 1 amide bonds. The number of alkyl halides is 3. The number of benzene rings is 1. The summed E-state index contributed by atoms with van der Waals surface area (Å²) >= 11 is 5.47. The maximum Gasteiger partial charge on any atom is 0.417 e. The van der Waals surface area contributed by atoms with E-state index in [0.717, 1.165) is 12.1 Å². The van der Waals surface area contributed by atoms with Gasteiger partial charge in [0.05, 0.1) is 16.6 Å². The minimum Gasteiger partial charge on any atom is -0.325 e. The Hall–Kier alpha value is -1.27. The highest BCUT2D eigenvalue weighted by atomic mass is 35.5. The first-order valence-electron chi connectivity index (χ1n) is 5.56. The summed E-state index contributed by atoms with van der Waals surface area (Å²) in [5.41, 5.74) is 4.62. The molecule has 0 fully saturated rings. The molecule has 0 aliphatic carbocycles. The van der Waals surface area contributed by atoms with Crippen LogP contribution in [0.1, 0.15) is 19.4 Å². The summed E-state index contributed by atoms with van der Waals surface area (Å²) in [4.78, 5) is 11.6. The maximum absolute atomic E-state index is 12.6. The predicted molar refractivity (Wildman–Crippen MR) is 67.9 cm³/mol. The van der Waals surface area contributed by atoms with Crippen LogP contribution in [0.15, 0.2) is 18.2 Å². The Morgan fingerprint density at radius 2 is 1.95 bits per heavy atom. The summed E-state index contributed by atoms with van der Waals surface area (Å²) in [5, 5.41) is 1.92. The SMILES string of the molecule is CC(C)[C@H](N)C(=O)Nc1ccc(Cl)c(C(F)(F)F)c1. The molecule has 1 aromatic rings. The Balaban J connectivity index is 2.95. The van der Waals surface area contributed by atoms with E-state index in [-0.39, 0.29) is 11.6 Å². The van der Waals surface area contributed by atoms with Crippen molar-refractivity contribution in [3.8, 4) is 0 Å². The van der Waals surface area contributed by atoms with Crippen LogP contribution in [0.5, 0.6) is 0 Å². The summed E-state index contributed by atoms with van der Waals surface area (Å²) < 4.78 is 37.9. The lowest BCUT2D eigenvalue weighted by Crippen LogP contribution is -2.39. The van der Waals surface area contributed by atoms with Crippen LogP contribution in [0.4, 0.5) is 18.9 Å². The van der Waals surface area contributed by atoms with Crippen LogP contribution < -0.4 is 11.1 Å². The molecule has 19 heavy (non-hydrogen) atoms. The summed E-state index contributed by atoms with van der Waals surface area (Å²) in [7, 11) is 0. The Morgan fingerprint density at radius 3 is 2.42 bits per heavy atom. The summed E-state index contributed by atoms with van der Waals surface area (Å²) in [5.74, 6) is -0.653. The highest BCUT2D eigenvalue weighted by Gasteiger charge is 2.33. The second-order valence-electron chi connectivity index (χ2n) is 4.45. The van der Waals surface area contributed by atoms with Crippen LogP contribution in [-0.4, -0.2) is 11.9 Å². The molecule has 1 atom stereocenters. The number of hydrogen-bond acceptors (Lipinski definition) is 2. The van der Waals surface area contributed by atoms with Gasteiger partial charge >= 0.3 is 6.18 Å². The molecule has 3 nitrogen and oxygen atoms in total. The molecule has 0 aromatic heterocycles. The number of hydrogen-bond donors (Lipinski definition) is 2. The summed E-state index contributed by atoms with van der Waals surface area (Å²) in [6.07, 6.45) is -4.57. The van der Waals surface area contributed by atoms with Gasteiger partial charge in [-0.05, 0) is 24.1 Å². The number of carbonyl (C=O) groups excluding carboxylic acids is 1. The zero-order chi connectivity index (χ0) is 14.8. The highest BCUT2D eigenvalue weighted by Crippen LogP contribution is 2.36. The minimum atomic E-state index is -4.57. The van der Waals surface area contributed by atoms with Gasteiger partial charge in [-0.2, -0.15) is 13.2 Å². The quantitative estimate of drug-likeness (QED) is 0.899. The number of rotatable bonds is 3. The largest absolute Gasteiger partial charge is 0.417 e. The fraction of sp³-hybridized carbons (Fsp3) is 0.417. The number of nitrogens with one attached hydrogen (secondary N) is 1. The fourth-order valence-corrected chi connectivity index (χ4v) is 1.57. The van der Waals surface area contributed by atoms with Gasteiger partial charge in [-0.1, -0.05) is 25.4 Å². The molecule has 0 unspecified atom stereocenters. The molecule has 0 saturated heterocycles. The van der Waals surface area contributed by atoms with Crippen LogP contribution in [0.3, 0.4) is 0 Å². The van der Waals surface area contributed by atoms with Gasteiger partial charge in [-0.15, -0.1) is 0 Å². The van der Waals surface area contributed by atoms with Gasteiger partial charge in [-0.25, -0.2) is 0 Å². The van der Waals surface area contributed by atoms with E-state index >= 15 is 0 Å². The topological polar surface area (TPSA) is 55.1 Å². The van der Waals surface area contributed by atoms with Crippen molar-refractivity contribution in [3.63, 3.8) is 0 Å². The van der Waals surface area contributed by atoms with Gasteiger partial charge in [0.25, 0.3) is 0 Å². The Kier molecular flexibility index (Phi) is 4.81. The summed E-state index contributed by atoms with van der Waals surface area (Å²) in [6.45, 7) is 3.49. The monoisotopic (exact) mass is 294 g/mol. The van der Waals surface area contributed by atoms with E-state index in [1.807, 2.05) is 0 Å². The first-order chi connectivity index (χ1) is 8.62. The van der Waals surface area contributed by atoms with Crippen molar-refractivity contribution in [2.75, 3.05) is 5.32 Å². The Morgan fingerprint density at radius 1 is 1.37 bits per heavy atom. The van der Waals surface area contributed by atoms with Crippen LogP contribution in [0, 0.1) is 5.92 Å². The molecule has 0 saturated carbocycles. The van der Waals surface area contributed by atoms with Crippen LogP contribution in [-0.2, 0) is 11.0 Å². The molecule has 0 heterocycles. The molecule has 0 bridgehead atoms. The van der Waals surface area contributed by atoms with E-state index in [9.17, 15) is 18.0 Å². The molecular formula is C12H14ClF3N2O. The van der Waals surface area contributed by atoms with Gasteiger partial charge in [0.1, 0.15) is 0 Å². The van der Waals surface area contributed by atoms with E-state index in [2.05, 4.69) is 5.32 Å². The van der Waals surface area contributed by atoms with E-state index in [1.165, 1.54) is 6.07 Å². The van der Waals surface area contributed by atoms with Gasteiger partial charge in [0.15, 0.2) is 0 Å². The van der Waals surface area contributed by atoms with Gasteiger partial charge in [0.2, 0.25) is 5.91 Å². The predicted octanol–water partition coefficient (Wildman–Crippen LogP) is 3.28. The van der Waals surface area contributed by atoms with Gasteiger partial charge in [0, 0.05) is 5.69 Å². The fourth-order valence-electron chi connectivity index (χ4n) is 1.35. The maximum atomic E-state index is 12.6. The van der Waals surface area contributed by atoms with Crippen molar-refractivity contribution in [1.82, 2.24) is 0 Å². The first kappa shape index (κ1) is 15.8. The third kappa shape index (κ3) is 4.11. The lowest BCUT2D eigenvalue weighted by molar-refractivity contribution is -0.137. The smallest absolute Gasteiger partial charge is 0.325 e. The number of nitrogens with two attached hydrogens (primary N) is 1. The third-order valence-electron chi connectivity index (χ3n) is 2.56. The average Bonchev–Trinajstić information content (AvgIpc) is 2.28. The van der Waals surface area contributed by atoms with Crippen LogP contribution >= 0.6 is 11.6 Å². The number of carbonyl (C=O) groups is 1. The van der Waals surface area contributed by atoms with Crippen LogP contribution in [0.2, 0.25) is 5.02 Å². The first-order valence-corrected chi connectivity index (χ1v) is 5.94. The second-order valence-corrected chi connectivity index (χ2v) is 4.86. The molecular weight excluding hydrogens is 281 g/mol. The van der Waals surface area contributed by atoms with Crippen molar-refractivity contribution in [3.05, 3.63) is 28.8 Å². The molecule has 1 rings (SSSR count). The average molecular weight is 295 g/mol. The molecule has 3 N–H and O–H groups in total. The van der Waals surface area contributed by atoms with Crippen LogP contribution in [0.25, 0.3) is 0 Å². The van der Waals surface area contributed by atoms with E-state index in [1.54, 1.807) is 13.8 Å². The minimum absolute atomic E-state index is 0.0119. The van der Waals surface area contributed by atoms with Crippen molar-refractivity contribution in [2.24, 2.45) is 11.7 Å². The van der Waals surface area contributed by atoms with E-state index < -0.39 is 28.7 Å². The summed E-state index contributed by atoms with van der Waals surface area (Å²) in [6, 6.07) is 2.38. The lowest BCUT2D eigenvalue weighted by atomic mass is 10.0. The number of halogens is 4. The van der Waals surface area contributed by atoms with Crippen molar-refractivity contribution >= 4 is 23.2 Å². The Labute approximate surface area is 113 Å². The molecule has 0 radical (unpaired) electrons. The highest BCUT2D eigenvalue weighted by molar-refractivity contribution is 6.31. The molecule has 0 spiro atoms. The zero-order valence-corrected chi connectivity index (χ0v) is 11.1. The van der Waals surface area contributed by atoms with Crippen molar-refractivity contribution in [1.29, 1.82) is 0 Å². The zero-order valence-electron chi connectivity index (χ0n) is 10.4. The number of anilines is 1. The standard InChI is InChI=1S/C12H14ClF3N2O/c1-6(2)10(17)11(19)18-7-3-4-9(13)8(5-7)12(14,15)16/h3-6,10H,17H2,1-2H3,(H,18,19)/t10-/m0/s1. The lowest BCUT2D eigenvalue weighted by Gasteiger charge is -2.16. The molecule has 106 valence electrons. The van der Waals surface area contributed by atoms with Crippen molar-refractivity contribution in [2.45, 2.75) is 26.1 Å². The van der Waals surface area contributed by atoms with E-state index in [4.69, 9.17) is 17.3 Å². The van der Waals surface area contributed by atoms with Gasteiger partial charge in [-0.3, -0.25) is 4.79 Å². The second kappa shape index (κ2) is 5.79. The van der Waals surface area contributed by atoms with Crippen molar-refractivity contribution < 1.29 is 18.0 Å². The molecule has 0 aliphatic rings.